The molecule has 0 aromatic heterocycles. The second-order valence-corrected chi connectivity index (χ2v) is 11.6. The van der Waals surface area contributed by atoms with Gasteiger partial charge in [-0.25, -0.2) is 4.79 Å². The molecule has 0 aliphatic rings. The topological polar surface area (TPSA) is 44.8 Å². The third-order valence-electron chi connectivity index (χ3n) is 8.11. The van der Waals surface area contributed by atoms with E-state index in [1.165, 1.54) is 25.3 Å². The third kappa shape index (κ3) is 8.13. The lowest BCUT2D eigenvalue weighted by molar-refractivity contribution is -0.128. The number of esters is 1. The summed E-state index contributed by atoms with van der Waals surface area (Å²) in [5.74, 6) is 1.74. The van der Waals surface area contributed by atoms with E-state index in [4.69, 9.17) is 14.2 Å². The molecule has 0 bridgehead atoms. The van der Waals surface area contributed by atoms with Crippen molar-refractivity contribution in [3.63, 3.8) is 0 Å². The van der Waals surface area contributed by atoms with E-state index < -0.39 is 5.97 Å². The van der Waals surface area contributed by atoms with Crippen molar-refractivity contribution in [1.29, 1.82) is 0 Å². The van der Waals surface area contributed by atoms with Gasteiger partial charge in [0.25, 0.3) is 0 Å². The average Bonchev–Trinajstić information content (AvgIpc) is 3.06. The molecule has 0 aliphatic carbocycles. The number of rotatable bonds is 15. The summed E-state index contributed by atoms with van der Waals surface area (Å²) in [7, 11) is 0. The first-order chi connectivity index (χ1) is 22.1. The summed E-state index contributed by atoms with van der Waals surface area (Å²) in [4.78, 5) is 13.3. The molecular weight excluding hydrogens is 556 g/mol. The first-order valence-corrected chi connectivity index (χ1v) is 16.4. The minimum atomic E-state index is -0.439. The van der Waals surface area contributed by atoms with Gasteiger partial charge in [0.15, 0.2) is 0 Å². The van der Waals surface area contributed by atoms with Crippen LogP contribution in [-0.2, 0) is 4.79 Å². The standard InChI is InChI=1S/C41H44O4/c1-4-6-8-14-28-43-36-23-19-31(29-30(36)3)20-26-39(42)45-38-25-22-33-16-10-12-18-35(33)41(38)40-34-17-11-9-15-32(34)21-24-37(40)44-27-13-7-5-2/h9-12,15-26,29H,4-8,13-14,27-28H2,1-3H3/b26-20-. The fourth-order valence-corrected chi connectivity index (χ4v) is 5.71. The Morgan fingerprint density at radius 3 is 1.84 bits per heavy atom. The molecule has 5 aromatic rings. The molecular formula is C41H44O4. The zero-order valence-corrected chi connectivity index (χ0v) is 26.8. The Morgan fingerprint density at radius 1 is 0.622 bits per heavy atom. The highest BCUT2D eigenvalue weighted by Gasteiger charge is 2.20. The Balaban J connectivity index is 1.44. The highest BCUT2D eigenvalue weighted by atomic mass is 16.5. The summed E-state index contributed by atoms with van der Waals surface area (Å²) in [6, 6.07) is 30.5. The maximum absolute atomic E-state index is 13.3. The smallest absolute Gasteiger partial charge is 0.336 e. The molecule has 0 spiro atoms. The molecule has 0 aliphatic heterocycles. The van der Waals surface area contributed by atoms with Crippen molar-refractivity contribution >= 4 is 33.6 Å². The van der Waals surface area contributed by atoms with Gasteiger partial charge in [0, 0.05) is 17.2 Å². The number of unbranched alkanes of at least 4 members (excludes halogenated alkanes) is 5. The van der Waals surface area contributed by atoms with E-state index in [1.54, 1.807) is 6.08 Å². The van der Waals surface area contributed by atoms with Crippen LogP contribution in [0.25, 0.3) is 38.7 Å². The zero-order valence-electron chi connectivity index (χ0n) is 26.8. The van der Waals surface area contributed by atoms with E-state index in [-0.39, 0.29) is 0 Å². The Labute approximate surface area is 267 Å². The van der Waals surface area contributed by atoms with E-state index in [0.717, 1.165) is 87.6 Å². The van der Waals surface area contributed by atoms with Crippen LogP contribution in [0.1, 0.15) is 69.9 Å². The van der Waals surface area contributed by atoms with E-state index >= 15 is 0 Å². The van der Waals surface area contributed by atoms with Gasteiger partial charge >= 0.3 is 5.97 Å². The van der Waals surface area contributed by atoms with Crippen LogP contribution in [0, 0.1) is 6.92 Å². The highest BCUT2D eigenvalue weighted by Crippen LogP contribution is 2.45. The van der Waals surface area contributed by atoms with Gasteiger partial charge in [0.1, 0.15) is 17.2 Å². The van der Waals surface area contributed by atoms with Crippen LogP contribution < -0.4 is 14.2 Å². The summed E-state index contributed by atoms with van der Waals surface area (Å²) in [5.41, 5.74) is 3.75. The Morgan fingerprint density at radius 2 is 1.18 bits per heavy atom. The highest BCUT2D eigenvalue weighted by molar-refractivity contribution is 6.10. The number of hydrogen-bond donors (Lipinski definition) is 0. The number of ether oxygens (including phenoxy) is 3. The molecule has 0 radical (unpaired) electrons. The summed E-state index contributed by atoms with van der Waals surface area (Å²) in [6.45, 7) is 7.78. The lowest BCUT2D eigenvalue weighted by Crippen LogP contribution is -2.06. The SMILES string of the molecule is CCCCCCOc1ccc(/C=C\C(=O)Oc2ccc3ccccc3c2-c2c(OCCCCC)ccc3ccccc23)cc1C. The lowest BCUT2D eigenvalue weighted by Gasteiger charge is -2.19. The fourth-order valence-electron chi connectivity index (χ4n) is 5.71. The molecule has 5 aromatic carbocycles. The summed E-state index contributed by atoms with van der Waals surface area (Å²) < 4.78 is 18.5. The van der Waals surface area contributed by atoms with Crippen molar-refractivity contribution in [3.05, 3.63) is 108 Å². The molecule has 45 heavy (non-hydrogen) atoms. The third-order valence-corrected chi connectivity index (χ3v) is 8.11. The van der Waals surface area contributed by atoms with Crippen LogP contribution in [0.4, 0.5) is 0 Å². The maximum Gasteiger partial charge on any atom is 0.336 e. The van der Waals surface area contributed by atoms with Crippen molar-refractivity contribution in [2.75, 3.05) is 13.2 Å². The molecule has 4 heteroatoms. The monoisotopic (exact) mass is 600 g/mol. The van der Waals surface area contributed by atoms with E-state index in [1.807, 2.05) is 67.6 Å². The van der Waals surface area contributed by atoms with Crippen LogP contribution in [-0.4, -0.2) is 19.2 Å². The van der Waals surface area contributed by atoms with Crippen LogP contribution in [0.2, 0.25) is 0 Å². The summed E-state index contributed by atoms with van der Waals surface area (Å²) >= 11 is 0. The molecule has 0 saturated heterocycles. The largest absolute Gasteiger partial charge is 0.493 e. The molecule has 0 atom stereocenters. The van der Waals surface area contributed by atoms with Crippen molar-refractivity contribution in [2.24, 2.45) is 0 Å². The number of fused-ring (bicyclic) bond motifs is 2. The van der Waals surface area contributed by atoms with Crippen LogP contribution >= 0.6 is 0 Å². The molecule has 232 valence electrons. The van der Waals surface area contributed by atoms with Crippen molar-refractivity contribution in [1.82, 2.24) is 0 Å². The number of carbonyl (C=O) groups excluding carboxylic acids is 1. The maximum atomic E-state index is 13.3. The van der Waals surface area contributed by atoms with Gasteiger partial charge in [-0.1, -0.05) is 113 Å². The fraction of sp³-hybridized carbons (Fsp3) is 0.293. The van der Waals surface area contributed by atoms with Gasteiger partial charge < -0.3 is 14.2 Å². The minimum absolute atomic E-state index is 0.439. The van der Waals surface area contributed by atoms with Gasteiger partial charge in [-0.2, -0.15) is 0 Å². The van der Waals surface area contributed by atoms with Crippen molar-refractivity contribution in [2.45, 2.75) is 65.7 Å². The van der Waals surface area contributed by atoms with Gasteiger partial charge in [0.2, 0.25) is 0 Å². The van der Waals surface area contributed by atoms with Gasteiger partial charge in [-0.15, -0.1) is 0 Å². The van der Waals surface area contributed by atoms with Gasteiger partial charge in [-0.3, -0.25) is 0 Å². The predicted octanol–water partition coefficient (Wildman–Crippen LogP) is 11.1. The molecule has 5 rings (SSSR count). The van der Waals surface area contributed by atoms with Crippen LogP contribution in [0.5, 0.6) is 17.2 Å². The van der Waals surface area contributed by atoms with Gasteiger partial charge in [-0.05, 0) is 82.8 Å². The molecule has 4 nitrogen and oxygen atoms in total. The van der Waals surface area contributed by atoms with E-state index in [9.17, 15) is 4.79 Å². The van der Waals surface area contributed by atoms with E-state index in [0.29, 0.717) is 12.4 Å². The van der Waals surface area contributed by atoms with Gasteiger partial charge in [0.05, 0.1) is 13.2 Å². The minimum Gasteiger partial charge on any atom is -0.493 e. The number of aryl methyl sites for hydroxylation is 1. The Bertz CT molecular complexity index is 1770. The normalized spacial score (nSPS) is 11.4. The predicted molar refractivity (Wildman–Crippen MR) is 187 cm³/mol. The van der Waals surface area contributed by atoms with Crippen molar-refractivity contribution < 1.29 is 19.0 Å². The average molecular weight is 601 g/mol. The second-order valence-electron chi connectivity index (χ2n) is 11.6. The molecule has 0 N–H and O–H groups in total. The molecule has 0 heterocycles. The molecule has 0 amide bonds. The quantitative estimate of drug-likeness (QED) is 0.0519. The first-order valence-electron chi connectivity index (χ1n) is 16.4. The van der Waals surface area contributed by atoms with Crippen LogP contribution in [0.3, 0.4) is 0 Å². The zero-order chi connectivity index (χ0) is 31.4. The Hall–Kier alpha value is -4.57. The number of benzene rings is 5. The molecule has 0 saturated carbocycles. The summed E-state index contributed by atoms with van der Waals surface area (Å²) in [6.07, 6.45) is 11.2. The number of hydrogen-bond acceptors (Lipinski definition) is 4. The number of carbonyl (C=O) groups is 1. The van der Waals surface area contributed by atoms with Crippen molar-refractivity contribution in [3.8, 4) is 28.4 Å². The lowest BCUT2D eigenvalue weighted by atomic mass is 9.92. The van der Waals surface area contributed by atoms with Crippen LogP contribution in [0.15, 0.2) is 97.1 Å². The molecule has 0 fully saturated rings. The summed E-state index contributed by atoms with van der Waals surface area (Å²) in [5, 5.41) is 4.22. The first kappa shape index (κ1) is 31.8. The van der Waals surface area contributed by atoms with E-state index in [2.05, 4.69) is 44.2 Å². The Kier molecular flexibility index (Phi) is 11.3. The molecule has 0 unspecified atom stereocenters. The second kappa shape index (κ2) is 15.9.